The first kappa shape index (κ1) is 24.1. The van der Waals surface area contributed by atoms with Gasteiger partial charge in [0.15, 0.2) is 0 Å². The molecule has 1 amide bonds. The highest BCUT2D eigenvalue weighted by atomic mass is 16.5. The van der Waals surface area contributed by atoms with Crippen LogP contribution >= 0.6 is 0 Å². The number of pyridine rings is 1. The maximum Gasteiger partial charge on any atom is 0.311 e. The van der Waals surface area contributed by atoms with Crippen LogP contribution in [0.5, 0.6) is 0 Å². The Morgan fingerprint density at radius 2 is 1.77 bits per heavy atom. The monoisotopic (exact) mass is 472 g/mol. The number of ether oxygens (including phenoxy) is 1. The second-order valence-corrected chi connectivity index (χ2v) is 8.91. The minimum atomic E-state index is -0.485. The van der Waals surface area contributed by atoms with Crippen LogP contribution in [0.3, 0.4) is 0 Å². The molecule has 2 atom stereocenters. The molecule has 0 aliphatic carbocycles. The molecule has 0 spiro atoms. The summed E-state index contributed by atoms with van der Waals surface area (Å²) in [7, 11) is 1.38. The van der Waals surface area contributed by atoms with E-state index in [1.165, 1.54) is 7.11 Å². The van der Waals surface area contributed by atoms with Crippen molar-refractivity contribution in [1.29, 1.82) is 5.41 Å². The summed E-state index contributed by atoms with van der Waals surface area (Å²) in [5, 5.41) is 17.3. The largest absolute Gasteiger partial charge is 0.469 e. The molecule has 180 valence electrons. The summed E-state index contributed by atoms with van der Waals surface area (Å²) in [5.74, 6) is -0.910. The van der Waals surface area contributed by atoms with Gasteiger partial charge in [-0.3, -0.25) is 14.8 Å². The standard InChI is InChI=1S/C28H30N3O4/c1-19(29)24-6-3-5-20(17-24)18-25(28(33)35-2)26-7-4-14-31(26)27(32)23-10-8-21(9-11-23)22-12-15-30(34)16-13-22/h3,5-6,8-13,15-17,25-26,29,34H,4,7,14,18H2,1-2H3/q+1. The minimum absolute atomic E-state index is 0.0988. The van der Waals surface area contributed by atoms with Gasteiger partial charge in [0.2, 0.25) is 12.4 Å². The first-order valence-electron chi connectivity index (χ1n) is 11.7. The van der Waals surface area contributed by atoms with E-state index in [0.717, 1.165) is 39.8 Å². The average molecular weight is 473 g/mol. The summed E-state index contributed by atoms with van der Waals surface area (Å²) in [6.45, 7) is 2.33. The SMILES string of the molecule is COC(=O)C(Cc1cccc(C(C)=N)c1)C1CCCN1C(=O)c1ccc(-c2cc[n+](O)cc2)cc1. The zero-order valence-electron chi connectivity index (χ0n) is 20.0. The van der Waals surface area contributed by atoms with Crippen molar-refractivity contribution < 1.29 is 24.3 Å². The second kappa shape index (κ2) is 10.5. The molecule has 1 aliphatic rings. The van der Waals surface area contributed by atoms with Crippen LogP contribution in [0, 0.1) is 11.3 Å². The van der Waals surface area contributed by atoms with Crippen molar-refractivity contribution in [2.45, 2.75) is 32.2 Å². The van der Waals surface area contributed by atoms with E-state index in [1.807, 2.05) is 36.4 Å². The average Bonchev–Trinajstić information content (AvgIpc) is 3.36. The number of methoxy groups -OCH3 is 1. The summed E-state index contributed by atoms with van der Waals surface area (Å²) in [6.07, 6.45) is 5.11. The Morgan fingerprint density at radius 3 is 2.43 bits per heavy atom. The molecule has 4 rings (SSSR count). The summed E-state index contributed by atoms with van der Waals surface area (Å²) < 4.78 is 6.12. The van der Waals surface area contributed by atoms with E-state index in [1.54, 1.807) is 48.5 Å². The maximum absolute atomic E-state index is 13.5. The highest BCUT2D eigenvalue weighted by Gasteiger charge is 2.39. The summed E-state index contributed by atoms with van der Waals surface area (Å²) in [4.78, 5) is 28.1. The number of hydrogen-bond donors (Lipinski definition) is 2. The highest BCUT2D eigenvalue weighted by molar-refractivity contribution is 5.96. The third-order valence-corrected chi connectivity index (χ3v) is 6.62. The molecule has 3 aromatic rings. The lowest BCUT2D eigenvalue weighted by molar-refractivity contribution is -0.904. The number of amides is 1. The van der Waals surface area contributed by atoms with Crippen molar-refractivity contribution in [3.05, 3.63) is 89.7 Å². The number of esters is 1. The van der Waals surface area contributed by atoms with Crippen molar-refractivity contribution in [2.24, 2.45) is 5.92 Å². The number of aromatic nitrogens is 1. The van der Waals surface area contributed by atoms with Gasteiger partial charge in [-0.05, 0) is 66.6 Å². The van der Waals surface area contributed by atoms with Crippen molar-refractivity contribution >= 4 is 17.6 Å². The van der Waals surface area contributed by atoms with Gasteiger partial charge in [-0.1, -0.05) is 30.3 Å². The number of hydrogen-bond acceptors (Lipinski definition) is 5. The molecule has 7 nitrogen and oxygen atoms in total. The fourth-order valence-electron chi connectivity index (χ4n) is 4.76. The predicted molar refractivity (Wildman–Crippen MR) is 131 cm³/mol. The Labute approximate surface area is 205 Å². The van der Waals surface area contributed by atoms with Gasteiger partial charge >= 0.3 is 5.97 Å². The number of nitrogens with one attached hydrogen (secondary N) is 1. The molecule has 2 aromatic carbocycles. The molecule has 35 heavy (non-hydrogen) atoms. The Morgan fingerprint density at radius 1 is 1.09 bits per heavy atom. The van der Waals surface area contributed by atoms with Crippen LogP contribution < -0.4 is 4.73 Å². The Kier molecular flexibility index (Phi) is 7.25. The van der Waals surface area contributed by atoms with E-state index in [-0.39, 0.29) is 17.9 Å². The predicted octanol–water partition coefficient (Wildman–Crippen LogP) is 3.90. The van der Waals surface area contributed by atoms with Crippen molar-refractivity contribution in [3.8, 4) is 11.1 Å². The number of benzene rings is 2. The first-order chi connectivity index (χ1) is 16.9. The zero-order valence-corrected chi connectivity index (χ0v) is 20.0. The quantitative estimate of drug-likeness (QED) is 0.236. The van der Waals surface area contributed by atoms with E-state index < -0.39 is 5.92 Å². The van der Waals surface area contributed by atoms with E-state index in [0.29, 0.717) is 24.2 Å². The van der Waals surface area contributed by atoms with Gasteiger partial charge in [0.05, 0.1) is 13.0 Å². The lowest BCUT2D eigenvalue weighted by Gasteiger charge is -2.30. The van der Waals surface area contributed by atoms with Gasteiger partial charge in [-0.15, -0.1) is 0 Å². The molecule has 2 N–H and O–H groups in total. The van der Waals surface area contributed by atoms with Gasteiger partial charge in [-0.25, -0.2) is 0 Å². The lowest BCUT2D eigenvalue weighted by Crippen LogP contribution is -2.44. The van der Waals surface area contributed by atoms with E-state index >= 15 is 0 Å². The number of rotatable bonds is 7. The lowest BCUT2D eigenvalue weighted by atomic mass is 9.89. The minimum Gasteiger partial charge on any atom is -0.469 e. The van der Waals surface area contributed by atoms with Crippen molar-refractivity contribution in [2.75, 3.05) is 13.7 Å². The Hall–Kier alpha value is -4.00. The van der Waals surface area contributed by atoms with E-state index in [4.69, 9.17) is 10.1 Å². The molecule has 2 unspecified atom stereocenters. The molecule has 0 saturated carbocycles. The number of carbonyl (C=O) groups excluding carboxylic acids is 2. The normalized spacial score (nSPS) is 16.1. The van der Waals surface area contributed by atoms with E-state index in [2.05, 4.69) is 0 Å². The van der Waals surface area contributed by atoms with Crippen molar-refractivity contribution in [3.63, 3.8) is 0 Å². The molecule has 0 bridgehead atoms. The smallest absolute Gasteiger partial charge is 0.311 e. The van der Waals surface area contributed by atoms with Gasteiger partial charge in [0.25, 0.3) is 5.91 Å². The molecule has 7 heteroatoms. The van der Waals surface area contributed by atoms with E-state index in [9.17, 15) is 14.8 Å². The molecule has 2 heterocycles. The van der Waals surface area contributed by atoms with Gasteiger partial charge in [-0.2, -0.15) is 0 Å². The zero-order chi connectivity index (χ0) is 24.9. The van der Waals surface area contributed by atoms with Gasteiger partial charge in [0, 0.05) is 40.7 Å². The number of carbonyl (C=O) groups is 2. The number of likely N-dealkylation sites (tertiary alicyclic amines) is 1. The first-order valence-corrected chi connectivity index (χ1v) is 11.7. The Bertz CT molecular complexity index is 1220. The molecule has 1 aliphatic heterocycles. The Balaban J connectivity index is 1.55. The van der Waals surface area contributed by atoms with Crippen LogP contribution in [0.1, 0.15) is 41.3 Å². The topological polar surface area (TPSA) is 94.6 Å². The third-order valence-electron chi connectivity index (χ3n) is 6.62. The van der Waals surface area contributed by atoms with Crippen molar-refractivity contribution in [1.82, 2.24) is 4.90 Å². The van der Waals surface area contributed by atoms with Crippen LogP contribution in [0.15, 0.2) is 73.1 Å². The highest BCUT2D eigenvalue weighted by Crippen LogP contribution is 2.30. The van der Waals surface area contributed by atoms with Gasteiger partial charge in [0.1, 0.15) is 0 Å². The maximum atomic E-state index is 13.5. The fourth-order valence-corrected chi connectivity index (χ4v) is 4.76. The second-order valence-electron chi connectivity index (χ2n) is 8.91. The fraction of sp³-hybridized carbons (Fsp3) is 0.286. The number of nitrogens with zero attached hydrogens (tertiary/aromatic N) is 2. The van der Waals surface area contributed by atoms with Crippen LogP contribution in [-0.2, 0) is 16.0 Å². The summed E-state index contributed by atoms with van der Waals surface area (Å²) in [6, 6.07) is 18.4. The molecule has 1 aromatic heterocycles. The molecule has 1 fully saturated rings. The molecular weight excluding hydrogens is 442 g/mol. The van der Waals surface area contributed by atoms with Gasteiger partial charge < -0.3 is 15.0 Å². The molecule has 1 saturated heterocycles. The molecular formula is C28H30N3O4+. The summed E-state index contributed by atoms with van der Waals surface area (Å²) in [5.41, 5.74) is 4.67. The third kappa shape index (κ3) is 5.40. The molecule has 0 radical (unpaired) electrons. The van der Waals surface area contributed by atoms with Crippen LogP contribution in [0.25, 0.3) is 11.1 Å². The summed E-state index contributed by atoms with van der Waals surface area (Å²) >= 11 is 0. The van der Waals surface area contributed by atoms with Crippen LogP contribution in [0.2, 0.25) is 0 Å². The van der Waals surface area contributed by atoms with Crippen LogP contribution in [0.4, 0.5) is 0 Å². The van der Waals surface area contributed by atoms with Crippen LogP contribution in [-0.4, -0.2) is 47.4 Å².